The molecule has 30 heavy (non-hydrogen) atoms. The van der Waals surface area contributed by atoms with Gasteiger partial charge in [0.2, 0.25) is 21.8 Å². The highest BCUT2D eigenvalue weighted by molar-refractivity contribution is 7.88. The van der Waals surface area contributed by atoms with Crippen molar-refractivity contribution in [2.24, 2.45) is 0 Å². The van der Waals surface area contributed by atoms with Gasteiger partial charge in [0.25, 0.3) is 0 Å². The molecule has 2 aromatic carbocycles. The number of sulfonamides is 1. The molecule has 162 valence electrons. The van der Waals surface area contributed by atoms with E-state index in [-0.39, 0.29) is 12.5 Å². The maximum atomic E-state index is 13.2. The molecular formula is C21H26FN3O4S. The van der Waals surface area contributed by atoms with Crippen LogP contribution in [-0.2, 0) is 32.7 Å². The van der Waals surface area contributed by atoms with E-state index in [2.05, 4.69) is 5.32 Å². The maximum absolute atomic E-state index is 13.2. The first-order valence-electron chi connectivity index (χ1n) is 9.35. The number of hydrogen-bond acceptors (Lipinski definition) is 4. The number of halogens is 1. The van der Waals surface area contributed by atoms with Crippen molar-refractivity contribution in [2.45, 2.75) is 26.1 Å². The predicted molar refractivity (Wildman–Crippen MR) is 112 cm³/mol. The molecule has 7 nitrogen and oxygen atoms in total. The Morgan fingerprint density at radius 3 is 2.20 bits per heavy atom. The van der Waals surface area contributed by atoms with Crippen molar-refractivity contribution in [1.29, 1.82) is 0 Å². The number of likely N-dealkylation sites (N-methyl/N-ethyl adjacent to an activating group) is 1. The standard InChI is InChI=1S/C21H26FN3O4S/c1-16(21(27)23-13-17-7-5-4-6-8-17)25(14-18-9-11-19(22)12-10-18)20(26)15-24(2)30(3,28)29/h4-12,16H,13-15H2,1-3H3,(H,23,27)/t16-/m0/s1. The number of amides is 2. The molecule has 2 rings (SSSR count). The van der Waals surface area contributed by atoms with Gasteiger partial charge in [-0.1, -0.05) is 42.5 Å². The number of carbonyl (C=O) groups is 2. The Morgan fingerprint density at radius 1 is 1.03 bits per heavy atom. The lowest BCUT2D eigenvalue weighted by Gasteiger charge is -2.30. The summed E-state index contributed by atoms with van der Waals surface area (Å²) in [5, 5.41) is 2.79. The van der Waals surface area contributed by atoms with Crippen molar-refractivity contribution in [2.75, 3.05) is 19.8 Å². The molecule has 2 amide bonds. The topological polar surface area (TPSA) is 86.8 Å². The van der Waals surface area contributed by atoms with Gasteiger partial charge in [-0.25, -0.2) is 12.8 Å². The van der Waals surface area contributed by atoms with E-state index in [1.807, 2.05) is 30.3 Å². The SMILES string of the molecule is C[C@@H](C(=O)NCc1ccccc1)N(Cc1ccc(F)cc1)C(=O)CN(C)S(C)(=O)=O. The van der Waals surface area contributed by atoms with Gasteiger partial charge in [0.1, 0.15) is 11.9 Å². The Bertz CT molecular complexity index is 966. The fraction of sp³-hybridized carbons (Fsp3) is 0.333. The molecule has 0 fully saturated rings. The second-order valence-corrected chi connectivity index (χ2v) is 9.14. The fourth-order valence-electron chi connectivity index (χ4n) is 2.70. The molecule has 0 aliphatic heterocycles. The van der Waals surface area contributed by atoms with Crippen molar-refractivity contribution < 1.29 is 22.4 Å². The van der Waals surface area contributed by atoms with Crippen LogP contribution in [0.3, 0.4) is 0 Å². The normalized spacial score (nSPS) is 12.4. The zero-order chi connectivity index (χ0) is 22.3. The fourth-order valence-corrected chi connectivity index (χ4v) is 3.05. The molecule has 0 aliphatic rings. The lowest BCUT2D eigenvalue weighted by molar-refractivity contribution is -0.140. The average Bonchev–Trinajstić information content (AvgIpc) is 2.71. The van der Waals surface area contributed by atoms with E-state index in [1.54, 1.807) is 6.92 Å². The molecule has 1 N–H and O–H groups in total. The second-order valence-electron chi connectivity index (χ2n) is 7.05. The third-order valence-corrected chi connectivity index (χ3v) is 5.93. The summed E-state index contributed by atoms with van der Waals surface area (Å²) in [5.41, 5.74) is 1.53. The molecule has 0 saturated heterocycles. The number of nitrogens with one attached hydrogen (secondary N) is 1. The van der Waals surface area contributed by atoms with Crippen molar-refractivity contribution in [3.63, 3.8) is 0 Å². The highest BCUT2D eigenvalue weighted by Crippen LogP contribution is 2.12. The molecule has 0 unspecified atom stereocenters. The molecule has 0 radical (unpaired) electrons. The van der Waals surface area contributed by atoms with Gasteiger partial charge < -0.3 is 10.2 Å². The molecule has 0 aromatic heterocycles. The predicted octanol–water partition coefficient (Wildman–Crippen LogP) is 1.75. The van der Waals surface area contributed by atoms with E-state index < -0.39 is 34.3 Å². The Kier molecular flexibility index (Phi) is 8.08. The van der Waals surface area contributed by atoms with Gasteiger partial charge in [-0.3, -0.25) is 9.59 Å². The van der Waals surface area contributed by atoms with E-state index in [0.717, 1.165) is 16.1 Å². The summed E-state index contributed by atoms with van der Waals surface area (Å²) in [6.45, 7) is 1.50. The lowest BCUT2D eigenvalue weighted by atomic mass is 10.1. The minimum atomic E-state index is -3.57. The highest BCUT2D eigenvalue weighted by Gasteiger charge is 2.28. The third-order valence-electron chi connectivity index (χ3n) is 4.67. The quantitative estimate of drug-likeness (QED) is 0.650. The van der Waals surface area contributed by atoms with Crippen LogP contribution in [-0.4, -0.2) is 55.3 Å². The van der Waals surface area contributed by atoms with Gasteiger partial charge >= 0.3 is 0 Å². The summed E-state index contributed by atoms with van der Waals surface area (Å²) in [6.07, 6.45) is 1.00. The Labute approximate surface area is 176 Å². The largest absolute Gasteiger partial charge is 0.350 e. The van der Waals surface area contributed by atoms with E-state index in [1.165, 1.54) is 36.2 Å². The minimum Gasteiger partial charge on any atom is -0.350 e. The van der Waals surface area contributed by atoms with Crippen LogP contribution in [0.4, 0.5) is 4.39 Å². The van der Waals surface area contributed by atoms with Crippen LogP contribution < -0.4 is 5.32 Å². The molecule has 0 bridgehead atoms. The zero-order valence-electron chi connectivity index (χ0n) is 17.2. The van der Waals surface area contributed by atoms with E-state index >= 15 is 0 Å². The summed E-state index contributed by atoms with van der Waals surface area (Å²) < 4.78 is 37.5. The number of nitrogens with zero attached hydrogens (tertiary/aromatic N) is 2. The second kappa shape index (κ2) is 10.3. The molecule has 2 aromatic rings. The van der Waals surface area contributed by atoms with Gasteiger partial charge in [0, 0.05) is 20.1 Å². The van der Waals surface area contributed by atoms with Crippen molar-refractivity contribution in [3.8, 4) is 0 Å². The van der Waals surface area contributed by atoms with Crippen LogP contribution in [0.15, 0.2) is 54.6 Å². The molecule has 0 aliphatic carbocycles. The molecular weight excluding hydrogens is 409 g/mol. The van der Waals surface area contributed by atoms with Crippen molar-refractivity contribution in [1.82, 2.24) is 14.5 Å². The van der Waals surface area contributed by atoms with Gasteiger partial charge in [0.15, 0.2) is 0 Å². The van der Waals surface area contributed by atoms with Gasteiger partial charge in [-0.2, -0.15) is 4.31 Å². The summed E-state index contributed by atoms with van der Waals surface area (Å²) in [6, 6.07) is 14.0. The summed E-state index contributed by atoms with van der Waals surface area (Å²) >= 11 is 0. The summed E-state index contributed by atoms with van der Waals surface area (Å²) in [4.78, 5) is 26.8. The monoisotopic (exact) mass is 435 g/mol. The first-order chi connectivity index (χ1) is 14.1. The van der Waals surface area contributed by atoms with Crippen LogP contribution in [0.5, 0.6) is 0 Å². The zero-order valence-corrected chi connectivity index (χ0v) is 18.0. The molecule has 0 spiro atoms. The number of carbonyl (C=O) groups excluding carboxylic acids is 2. The van der Waals surface area contributed by atoms with Gasteiger partial charge in [-0.05, 0) is 30.2 Å². The Hall–Kier alpha value is -2.78. The number of benzene rings is 2. The van der Waals surface area contributed by atoms with Gasteiger partial charge in [0.05, 0.1) is 12.8 Å². The lowest BCUT2D eigenvalue weighted by Crippen LogP contribution is -2.50. The minimum absolute atomic E-state index is 0.0383. The third kappa shape index (κ3) is 6.93. The first-order valence-corrected chi connectivity index (χ1v) is 11.2. The van der Waals surface area contributed by atoms with E-state index in [9.17, 15) is 22.4 Å². The van der Waals surface area contributed by atoms with Crippen LogP contribution >= 0.6 is 0 Å². The van der Waals surface area contributed by atoms with Crippen molar-refractivity contribution >= 4 is 21.8 Å². The van der Waals surface area contributed by atoms with Crippen molar-refractivity contribution in [3.05, 3.63) is 71.5 Å². The Balaban J connectivity index is 2.16. The van der Waals surface area contributed by atoms with Crippen LogP contribution in [0.2, 0.25) is 0 Å². The van der Waals surface area contributed by atoms with E-state index in [0.29, 0.717) is 12.1 Å². The first kappa shape index (κ1) is 23.5. The number of rotatable bonds is 9. The maximum Gasteiger partial charge on any atom is 0.242 e. The molecule has 0 heterocycles. The molecule has 9 heteroatoms. The highest BCUT2D eigenvalue weighted by atomic mass is 32.2. The van der Waals surface area contributed by atoms with Gasteiger partial charge in [-0.15, -0.1) is 0 Å². The van der Waals surface area contributed by atoms with Crippen LogP contribution in [0, 0.1) is 5.82 Å². The van der Waals surface area contributed by atoms with Crippen LogP contribution in [0.25, 0.3) is 0 Å². The van der Waals surface area contributed by atoms with Crippen LogP contribution in [0.1, 0.15) is 18.1 Å². The summed E-state index contributed by atoms with van der Waals surface area (Å²) in [5.74, 6) is -1.33. The molecule has 0 saturated carbocycles. The Morgan fingerprint density at radius 2 is 1.63 bits per heavy atom. The average molecular weight is 436 g/mol. The summed E-state index contributed by atoms with van der Waals surface area (Å²) in [7, 11) is -2.27. The smallest absolute Gasteiger partial charge is 0.242 e. The molecule has 1 atom stereocenters. The number of hydrogen-bond donors (Lipinski definition) is 1. The van der Waals surface area contributed by atoms with E-state index in [4.69, 9.17) is 0 Å².